The molecule has 2 heterocycles. The highest BCUT2D eigenvalue weighted by Gasteiger charge is 2.37. The molecule has 0 spiro atoms. The van der Waals surface area contributed by atoms with Gasteiger partial charge >= 0.3 is 0 Å². The van der Waals surface area contributed by atoms with E-state index in [-0.39, 0.29) is 0 Å². The number of sulfonamides is 1. The third-order valence-electron chi connectivity index (χ3n) is 2.97. The predicted molar refractivity (Wildman–Crippen MR) is 50.5 cm³/mol. The van der Waals surface area contributed by atoms with Crippen LogP contribution in [0.4, 0.5) is 0 Å². The van der Waals surface area contributed by atoms with Crippen LogP contribution in [0.2, 0.25) is 0 Å². The maximum Gasteiger partial charge on any atom is 0.221 e. The van der Waals surface area contributed by atoms with Gasteiger partial charge in [0.05, 0.1) is 6.26 Å². The summed E-state index contributed by atoms with van der Waals surface area (Å²) >= 11 is 0. The van der Waals surface area contributed by atoms with Crippen LogP contribution in [0.3, 0.4) is 0 Å². The molecule has 2 saturated heterocycles. The highest BCUT2D eigenvalue weighted by atomic mass is 32.2. The standard InChI is InChI=1S/C8H16N2O2S/c1-13(11,12)9-10-7-3-2-4-8(10)6-5-7/h7-9H,2-6H2,1H3. The number of rotatable bonds is 2. The molecule has 2 unspecified atom stereocenters. The Bertz CT molecular complexity index is 273. The zero-order valence-electron chi connectivity index (χ0n) is 7.86. The fourth-order valence-corrected chi connectivity index (χ4v) is 3.14. The number of nitrogens with one attached hydrogen (secondary N) is 1. The van der Waals surface area contributed by atoms with Gasteiger partial charge in [-0.2, -0.15) is 0 Å². The summed E-state index contributed by atoms with van der Waals surface area (Å²) in [5.41, 5.74) is 0. The fourth-order valence-electron chi connectivity index (χ4n) is 2.46. The highest BCUT2D eigenvalue weighted by Crippen LogP contribution is 2.33. The van der Waals surface area contributed by atoms with Crippen LogP contribution in [0, 0.1) is 0 Å². The number of hydrazine groups is 1. The number of nitrogens with zero attached hydrogens (tertiary/aromatic N) is 1. The van der Waals surface area contributed by atoms with Gasteiger partial charge in [0, 0.05) is 12.1 Å². The van der Waals surface area contributed by atoms with E-state index in [1.807, 2.05) is 5.01 Å². The molecule has 0 radical (unpaired) electrons. The first-order chi connectivity index (χ1) is 6.06. The lowest BCUT2D eigenvalue weighted by Crippen LogP contribution is -2.50. The summed E-state index contributed by atoms with van der Waals surface area (Å²) in [4.78, 5) is 2.63. The molecule has 2 atom stereocenters. The van der Waals surface area contributed by atoms with Crippen LogP contribution in [0.15, 0.2) is 0 Å². The topological polar surface area (TPSA) is 49.4 Å². The zero-order chi connectivity index (χ0) is 9.47. The van der Waals surface area contributed by atoms with E-state index in [2.05, 4.69) is 4.83 Å². The summed E-state index contributed by atoms with van der Waals surface area (Å²) in [5, 5.41) is 1.96. The summed E-state index contributed by atoms with van der Waals surface area (Å²) < 4.78 is 22.1. The fraction of sp³-hybridized carbons (Fsp3) is 1.00. The molecule has 76 valence electrons. The van der Waals surface area contributed by atoms with Gasteiger partial charge in [-0.1, -0.05) is 6.42 Å². The first kappa shape index (κ1) is 9.43. The van der Waals surface area contributed by atoms with Crippen molar-refractivity contribution in [1.82, 2.24) is 9.84 Å². The van der Waals surface area contributed by atoms with Gasteiger partial charge in [0.15, 0.2) is 0 Å². The molecule has 4 nitrogen and oxygen atoms in total. The molecular weight excluding hydrogens is 188 g/mol. The van der Waals surface area contributed by atoms with E-state index in [4.69, 9.17) is 0 Å². The van der Waals surface area contributed by atoms with E-state index in [9.17, 15) is 8.42 Å². The molecule has 1 N–H and O–H groups in total. The zero-order valence-corrected chi connectivity index (χ0v) is 8.68. The largest absolute Gasteiger partial charge is 0.225 e. The van der Waals surface area contributed by atoms with Crippen molar-refractivity contribution in [3.63, 3.8) is 0 Å². The normalized spacial score (nSPS) is 35.2. The predicted octanol–water partition coefficient (Wildman–Crippen LogP) is 0.467. The van der Waals surface area contributed by atoms with E-state index in [0.29, 0.717) is 12.1 Å². The van der Waals surface area contributed by atoms with Crippen molar-refractivity contribution in [2.24, 2.45) is 0 Å². The van der Waals surface area contributed by atoms with E-state index < -0.39 is 10.0 Å². The Morgan fingerprint density at radius 1 is 1.15 bits per heavy atom. The first-order valence-electron chi connectivity index (χ1n) is 4.82. The molecule has 2 aliphatic rings. The molecule has 0 amide bonds. The van der Waals surface area contributed by atoms with Gasteiger partial charge in [-0.15, -0.1) is 4.83 Å². The summed E-state index contributed by atoms with van der Waals surface area (Å²) in [5.74, 6) is 0. The van der Waals surface area contributed by atoms with Gasteiger partial charge in [-0.05, 0) is 25.7 Å². The van der Waals surface area contributed by atoms with Gasteiger partial charge in [-0.3, -0.25) is 0 Å². The van der Waals surface area contributed by atoms with Crippen molar-refractivity contribution in [3.8, 4) is 0 Å². The molecule has 13 heavy (non-hydrogen) atoms. The van der Waals surface area contributed by atoms with E-state index in [0.717, 1.165) is 25.7 Å². The van der Waals surface area contributed by atoms with Gasteiger partial charge in [0.2, 0.25) is 10.0 Å². The Hall–Kier alpha value is -0.130. The molecule has 0 saturated carbocycles. The minimum atomic E-state index is -3.07. The molecule has 2 aliphatic heterocycles. The minimum Gasteiger partial charge on any atom is -0.225 e. The molecular formula is C8H16N2O2S. The molecule has 0 aromatic rings. The highest BCUT2D eigenvalue weighted by molar-refractivity contribution is 7.88. The summed E-state index contributed by atoms with van der Waals surface area (Å²) in [6.07, 6.45) is 7.04. The lowest BCUT2D eigenvalue weighted by molar-refractivity contribution is 0.115. The lowest BCUT2D eigenvalue weighted by Gasteiger charge is -2.33. The van der Waals surface area contributed by atoms with Crippen LogP contribution in [0.1, 0.15) is 32.1 Å². The minimum absolute atomic E-state index is 0.452. The molecule has 2 rings (SSSR count). The third-order valence-corrected chi connectivity index (χ3v) is 3.51. The number of hydrogen-bond donors (Lipinski definition) is 1. The van der Waals surface area contributed by atoms with E-state index >= 15 is 0 Å². The van der Waals surface area contributed by atoms with Crippen LogP contribution in [0.25, 0.3) is 0 Å². The van der Waals surface area contributed by atoms with Crippen LogP contribution in [-0.4, -0.2) is 31.8 Å². The van der Waals surface area contributed by atoms with E-state index in [1.54, 1.807) is 0 Å². The monoisotopic (exact) mass is 204 g/mol. The Morgan fingerprint density at radius 3 is 2.15 bits per heavy atom. The smallest absolute Gasteiger partial charge is 0.221 e. The number of fused-ring (bicyclic) bond motifs is 2. The van der Waals surface area contributed by atoms with Gasteiger partial charge in [0.1, 0.15) is 0 Å². The number of piperidine rings is 1. The average molecular weight is 204 g/mol. The summed E-state index contributed by atoms with van der Waals surface area (Å²) in [7, 11) is -3.07. The summed E-state index contributed by atoms with van der Waals surface area (Å²) in [6, 6.07) is 0.905. The van der Waals surface area contributed by atoms with Crippen LogP contribution < -0.4 is 4.83 Å². The Balaban J connectivity index is 2.07. The molecule has 0 aliphatic carbocycles. The summed E-state index contributed by atoms with van der Waals surface area (Å²) in [6.45, 7) is 0. The Morgan fingerprint density at radius 2 is 1.69 bits per heavy atom. The second kappa shape index (κ2) is 3.22. The number of hydrogen-bond acceptors (Lipinski definition) is 3. The average Bonchev–Trinajstić information content (AvgIpc) is 2.29. The quantitative estimate of drug-likeness (QED) is 0.711. The van der Waals surface area contributed by atoms with Crippen LogP contribution >= 0.6 is 0 Å². The Labute approximate surface area is 79.3 Å². The molecule has 0 aromatic heterocycles. The second-order valence-corrected chi connectivity index (χ2v) is 5.81. The van der Waals surface area contributed by atoms with Crippen LogP contribution in [0.5, 0.6) is 0 Å². The van der Waals surface area contributed by atoms with Crippen molar-refractivity contribution < 1.29 is 8.42 Å². The maximum atomic E-state index is 11.1. The van der Waals surface area contributed by atoms with Crippen molar-refractivity contribution in [2.45, 2.75) is 44.2 Å². The van der Waals surface area contributed by atoms with Crippen molar-refractivity contribution in [1.29, 1.82) is 0 Å². The van der Waals surface area contributed by atoms with Crippen LogP contribution in [-0.2, 0) is 10.0 Å². The SMILES string of the molecule is CS(=O)(=O)NN1C2CCCC1CC2. The van der Waals surface area contributed by atoms with Gasteiger partial charge in [0.25, 0.3) is 0 Å². The lowest BCUT2D eigenvalue weighted by atomic mass is 10.1. The van der Waals surface area contributed by atoms with Gasteiger partial charge in [-0.25, -0.2) is 13.4 Å². The van der Waals surface area contributed by atoms with Crippen molar-refractivity contribution in [3.05, 3.63) is 0 Å². The maximum absolute atomic E-state index is 11.1. The third kappa shape index (κ3) is 2.03. The van der Waals surface area contributed by atoms with Gasteiger partial charge < -0.3 is 0 Å². The molecule has 0 aromatic carbocycles. The van der Waals surface area contributed by atoms with Crippen molar-refractivity contribution in [2.75, 3.05) is 6.26 Å². The van der Waals surface area contributed by atoms with E-state index in [1.165, 1.54) is 12.7 Å². The molecule has 2 fully saturated rings. The molecule has 5 heteroatoms. The first-order valence-corrected chi connectivity index (χ1v) is 6.71. The molecule has 2 bridgehead atoms. The van der Waals surface area contributed by atoms with Crippen molar-refractivity contribution >= 4 is 10.0 Å². The Kier molecular flexibility index (Phi) is 2.33. The second-order valence-electron chi connectivity index (χ2n) is 4.09.